The zero-order valence-corrected chi connectivity index (χ0v) is 8.85. The number of rotatable bonds is 4. The molecule has 80 valence electrons. The van der Waals surface area contributed by atoms with Gasteiger partial charge in [0.25, 0.3) is 0 Å². The number of nitrogens with zero attached hydrogens (tertiary/aromatic N) is 1. The number of carbonyl (C=O) groups is 1. The van der Waals surface area contributed by atoms with E-state index in [4.69, 9.17) is 4.74 Å². The van der Waals surface area contributed by atoms with Crippen LogP contribution in [0.15, 0.2) is 24.3 Å². The summed E-state index contributed by atoms with van der Waals surface area (Å²) in [5, 5.41) is 0. The third kappa shape index (κ3) is 2.18. The topological polar surface area (TPSA) is 29.5 Å². The van der Waals surface area contributed by atoms with E-state index in [1.54, 1.807) is 0 Å². The second-order valence-corrected chi connectivity index (χ2v) is 3.69. The summed E-state index contributed by atoms with van der Waals surface area (Å²) in [7, 11) is 0. The molecule has 1 aromatic carbocycles. The Morgan fingerprint density at radius 3 is 2.60 bits per heavy atom. The number of aldehydes is 1. The van der Waals surface area contributed by atoms with Crippen molar-refractivity contribution in [3.05, 3.63) is 29.8 Å². The molecule has 0 saturated carbocycles. The summed E-state index contributed by atoms with van der Waals surface area (Å²) in [5.41, 5.74) is 1.89. The van der Waals surface area contributed by atoms with Gasteiger partial charge >= 0.3 is 0 Å². The summed E-state index contributed by atoms with van der Waals surface area (Å²) >= 11 is 0. The molecule has 3 nitrogen and oxygen atoms in total. The summed E-state index contributed by atoms with van der Waals surface area (Å²) in [6.07, 6.45) is 1.24. The first-order valence-corrected chi connectivity index (χ1v) is 5.25. The summed E-state index contributed by atoms with van der Waals surface area (Å²) in [6, 6.07) is 7.64. The SMILES string of the molecule is CCOC1CN(c2ccc(C=O)cc2)C1. The quantitative estimate of drug-likeness (QED) is 0.701. The van der Waals surface area contributed by atoms with Crippen LogP contribution < -0.4 is 4.90 Å². The van der Waals surface area contributed by atoms with Crippen molar-refractivity contribution in [1.29, 1.82) is 0 Å². The van der Waals surface area contributed by atoms with E-state index in [1.807, 2.05) is 31.2 Å². The molecule has 3 heteroatoms. The minimum atomic E-state index is 0.376. The van der Waals surface area contributed by atoms with Gasteiger partial charge < -0.3 is 9.64 Å². The van der Waals surface area contributed by atoms with Crippen molar-refractivity contribution in [1.82, 2.24) is 0 Å². The van der Waals surface area contributed by atoms with Gasteiger partial charge in [0.15, 0.2) is 0 Å². The van der Waals surface area contributed by atoms with Crippen LogP contribution in [0.25, 0.3) is 0 Å². The lowest BCUT2D eigenvalue weighted by atomic mass is 10.1. The van der Waals surface area contributed by atoms with Gasteiger partial charge in [0.1, 0.15) is 6.29 Å². The summed E-state index contributed by atoms with van der Waals surface area (Å²) < 4.78 is 5.48. The Hall–Kier alpha value is -1.35. The van der Waals surface area contributed by atoms with E-state index in [0.29, 0.717) is 6.10 Å². The second kappa shape index (κ2) is 4.45. The molecule has 0 N–H and O–H groups in total. The maximum Gasteiger partial charge on any atom is 0.150 e. The maximum atomic E-state index is 10.5. The molecule has 0 aromatic heterocycles. The van der Waals surface area contributed by atoms with Crippen LogP contribution in [0.4, 0.5) is 5.69 Å². The van der Waals surface area contributed by atoms with Gasteiger partial charge in [-0.15, -0.1) is 0 Å². The molecular weight excluding hydrogens is 190 g/mol. The molecule has 1 aliphatic heterocycles. The average Bonchev–Trinajstić information content (AvgIpc) is 2.23. The Bertz CT molecular complexity index is 328. The minimum absolute atomic E-state index is 0.376. The molecule has 0 aliphatic carbocycles. The Kier molecular flexibility index (Phi) is 3.02. The first kappa shape index (κ1) is 10.2. The second-order valence-electron chi connectivity index (χ2n) is 3.69. The summed E-state index contributed by atoms with van der Waals surface area (Å²) in [6.45, 7) is 4.70. The van der Waals surface area contributed by atoms with Crippen molar-refractivity contribution >= 4 is 12.0 Å². The van der Waals surface area contributed by atoms with Crippen molar-refractivity contribution < 1.29 is 9.53 Å². The van der Waals surface area contributed by atoms with E-state index in [0.717, 1.165) is 37.2 Å². The van der Waals surface area contributed by atoms with E-state index in [-0.39, 0.29) is 0 Å². The third-order valence-electron chi connectivity index (χ3n) is 2.64. The highest BCUT2D eigenvalue weighted by Gasteiger charge is 2.26. The normalized spacial score (nSPS) is 16.2. The molecule has 15 heavy (non-hydrogen) atoms. The fourth-order valence-corrected chi connectivity index (χ4v) is 1.75. The Labute approximate surface area is 89.7 Å². The fraction of sp³-hybridized carbons (Fsp3) is 0.417. The molecule has 0 bridgehead atoms. The molecule has 0 unspecified atom stereocenters. The zero-order valence-electron chi connectivity index (χ0n) is 8.85. The average molecular weight is 205 g/mol. The predicted molar refractivity (Wildman–Crippen MR) is 59.5 cm³/mol. The number of ether oxygens (including phenoxy) is 1. The van der Waals surface area contributed by atoms with Crippen LogP contribution >= 0.6 is 0 Å². The maximum absolute atomic E-state index is 10.5. The number of hydrogen-bond donors (Lipinski definition) is 0. The van der Waals surface area contributed by atoms with Gasteiger partial charge in [-0.3, -0.25) is 4.79 Å². The van der Waals surface area contributed by atoms with Gasteiger partial charge in [0, 0.05) is 30.9 Å². The predicted octanol–water partition coefficient (Wildman–Crippen LogP) is 1.72. The van der Waals surface area contributed by atoms with E-state index < -0.39 is 0 Å². The van der Waals surface area contributed by atoms with Crippen LogP contribution in [0.3, 0.4) is 0 Å². The number of benzene rings is 1. The smallest absolute Gasteiger partial charge is 0.150 e. The lowest BCUT2D eigenvalue weighted by Crippen LogP contribution is -2.52. The number of hydrogen-bond acceptors (Lipinski definition) is 3. The van der Waals surface area contributed by atoms with Crippen LogP contribution in [0.1, 0.15) is 17.3 Å². The van der Waals surface area contributed by atoms with Crippen molar-refractivity contribution in [3.63, 3.8) is 0 Å². The van der Waals surface area contributed by atoms with Crippen LogP contribution in [0.5, 0.6) is 0 Å². The lowest BCUT2D eigenvalue weighted by Gasteiger charge is -2.40. The van der Waals surface area contributed by atoms with Gasteiger partial charge in [0.2, 0.25) is 0 Å². The zero-order chi connectivity index (χ0) is 10.7. The molecule has 1 heterocycles. The highest BCUT2D eigenvalue weighted by Crippen LogP contribution is 2.22. The van der Waals surface area contributed by atoms with Crippen molar-refractivity contribution in [2.24, 2.45) is 0 Å². The monoisotopic (exact) mass is 205 g/mol. The van der Waals surface area contributed by atoms with Crippen molar-refractivity contribution in [2.45, 2.75) is 13.0 Å². The molecule has 1 saturated heterocycles. The van der Waals surface area contributed by atoms with Crippen LogP contribution in [-0.4, -0.2) is 32.1 Å². The van der Waals surface area contributed by atoms with E-state index >= 15 is 0 Å². The van der Waals surface area contributed by atoms with Crippen LogP contribution in [0.2, 0.25) is 0 Å². The van der Waals surface area contributed by atoms with Gasteiger partial charge in [-0.05, 0) is 31.2 Å². The summed E-state index contributed by atoms with van der Waals surface area (Å²) in [5.74, 6) is 0. The molecule has 0 spiro atoms. The molecular formula is C12H15NO2. The van der Waals surface area contributed by atoms with Gasteiger partial charge in [0.05, 0.1) is 6.10 Å². The minimum Gasteiger partial charge on any atom is -0.375 e. The first-order valence-electron chi connectivity index (χ1n) is 5.25. The molecule has 2 rings (SSSR count). The van der Waals surface area contributed by atoms with Crippen LogP contribution in [-0.2, 0) is 4.74 Å². The third-order valence-corrected chi connectivity index (χ3v) is 2.64. The number of carbonyl (C=O) groups excluding carboxylic acids is 1. The van der Waals surface area contributed by atoms with Gasteiger partial charge in [-0.2, -0.15) is 0 Å². The molecule has 0 amide bonds. The first-order chi connectivity index (χ1) is 7.33. The molecule has 1 aromatic rings. The highest BCUT2D eigenvalue weighted by molar-refractivity contribution is 5.75. The molecule has 1 aliphatic rings. The lowest BCUT2D eigenvalue weighted by molar-refractivity contribution is 0.0431. The molecule has 0 radical (unpaired) electrons. The Morgan fingerprint density at radius 2 is 2.07 bits per heavy atom. The van der Waals surface area contributed by atoms with E-state index in [1.165, 1.54) is 0 Å². The van der Waals surface area contributed by atoms with Gasteiger partial charge in [-0.25, -0.2) is 0 Å². The Balaban J connectivity index is 1.92. The molecule has 1 fully saturated rings. The highest BCUT2D eigenvalue weighted by atomic mass is 16.5. The number of anilines is 1. The Morgan fingerprint density at radius 1 is 1.40 bits per heavy atom. The molecule has 0 atom stereocenters. The van der Waals surface area contributed by atoms with E-state index in [2.05, 4.69) is 4.90 Å². The standard InChI is InChI=1S/C12H15NO2/c1-2-15-12-7-13(8-12)11-5-3-10(9-14)4-6-11/h3-6,9,12H,2,7-8H2,1H3. The van der Waals surface area contributed by atoms with Crippen molar-refractivity contribution in [3.8, 4) is 0 Å². The van der Waals surface area contributed by atoms with Gasteiger partial charge in [-0.1, -0.05) is 0 Å². The van der Waals surface area contributed by atoms with E-state index in [9.17, 15) is 4.79 Å². The summed E-state index contributed by atoms with van der Waals surface area (Å²) in [4.78, 5) is 12.7. The van der Waals surface area contributed by atoms with Crippen LogP contribution in [0, 0.1) is 0 Å². The largest absolute Gasteiger partial charge is 0.375 e. The van der Waals surface area contributed by atoms with Crippen molar-refractivity contribution in [2.75, 3.05) is 24.6 Å². The fourth-order valence-electron chi connectivity index (χ4n) is 1.75.